The van der Waals surface area contributed by atoms with Gasteiger partial charge in [-0.1, -0.05) is 0 Å². The van der Waals surface area contributed by atoms with Gasteiger partial charge in [-0.05, 0) is 43.3 Å². The summed E-state index contributed by atoms with van der Waals surface area (Å²) in [5.74, 6) is -0.817. The molecule has 0 bridgehead atoms. The largest absolute Gasteiger partial charge is 0.573 e. The Labute approximate surface area is 133 Å². The number of fused-ring (bicyclic) bond motifs is 1. The molecule has 0 radical (unpaired) electrons. The highest BCUT2D eigenvalue weighted by Crippen LogP contribution is 2.30. The number of hydrogen-bond acceptors (Lipinski definition) is 4. The maximum Gasteiger partial charge on any atom is 0.573 e. The van der Waals surface area contributed by atoms with Gasteiger partial charge in [0.1, 0.15) is 17.2 Å². The first-order valence-electron chi connectivity index (χ1n) is 6.73. The molecule has 8 heteroatoms. The van der Waals surface area contributed by atoms with Gasteiger partial charge in [0.25, 0.3) is 0 Å². The van der Waals surface area contributed by atoms with Crippen molar-refractivity contribution >= 4 is 16.9 Å². The number of furan rings is 1. The summed E-state index contributed by atoms with van der Waals surface area (Å²) >= 11 is 0. The fourth-order valence-corrected chi connectivity index (χ4v) is 2.28. The van der Waals surface area contributed by atoms with Crippen LogP contribution in [0.1, 0.15) is 16.1 Å². The molecule has 0 unspecified atom stereocenters. The SMILES string of the molecule is Cc1ccc(-c2cc(C(=O)O)c3cc(OC(F)(F)F)ccc3n2)o1. The Hall–Kier alpha value is -3.03. The molecule has 0 atom stereocenters. The van der Waals surface area contributed by atoms with Gasteiger partial charge in [0.15, 0.2) is 5.76 Å². The Morgan fingerprint density at radius 1 is 1.21 bits per heavy atom. The van der Waals surface area contributed by atoms with Gasteiger partial charge < -0.3 is 14.3 Å². The average molecular weight is 337 g/mol. The molecule has 3 aromatic rings. The van der Waals surface area contributed by atoms with Crippen molar-refractivity contribution in [1.82, 2.24) is 4.98 Å². The fourth-order valence-electron chi connectivity index (χ4n) is 2.28. The maximum atomic E-state index is 12.3. The third-order valence-corrected chi connectivity index (χ3v) is 3.24. The zero-order valence-corrected chi connectivity index (χ0v) is 12.2. The van der Waals surface area contributed by atoms with Crippen LogP contribution >= 0.6 is 0 Å². The number of benzene rings is 1. The van der Waals surface area contributed by atoms with Gasteiger partial charge in [-0.25, -0.2) is 9.78 Å². The molecule has 0 aliphatic rings. The maximum absolute atomic E-state index is 12.3. The smallest absolute Gasteiger partial charge is 0.478 e. The third kappa shape index (κ3) is 3.17. The minimum Gasteiger partial charge on any atom is -0.478 e. The van der Waals surface area contributed by atoms with E-state index in [2.05, 4.69) is 9.72 Å². The van der Waals surface area contributed by atoms with Crippen LogP contribution in [0.3, 0.4) is 0 Å². The molecule has 0 aliphatic heterocycles. The summed E-state index contributed by atoms with van der Waals surface area (Å²) in [5.41, 5.74) is 0.294. The summed E-state index contributed by atoms with van der Waals surface area (Å²) in [6, 6.07) is 7.92. The molecule has 3 rings (SSSR count). The second-order valence-corrected chi connectivity index (χ2v) is 5.00. The lowest BCUT2D eigenvalue weighted by Crippen LogP contribution is -2.17. The van der Waals surface area contributed by atoms with E-state index in [1.165, 1.54) is 12.1 Å². The zero-order valence-electron chi connectivity index (χ0n) is 12.2. The molecule has 1 N–H and O–H groups in total. The monoisotopic (exact) mass is 337 g/mol. The van der Waals surface area contributed by atoms with E-state index < -0.39 is 18.1 Å². The highest BCUT2D eigenvalue weighted by Gasteiger charge is 2.31. The summed E-state index contributed by atoms with van der Waals surface area (Å²) < 4.78 is 46.2. The molecule has 0 amide bonds. The van der Waals surface area contributed by atoms with E-state index in [1.807, 2.05) is 0 Å². The summed E-state index contributed by atoms with van der Waals surface area (Å²) in [5, 5.41) is 9.40. The van der Waals surface area contributed by atoms with E-state index in [-0.39, 0.29) is 22.2 Å². The Balaban J connectivity index is 2.17. The van der Waals surface area contributed by atoms with Crippen LogP contribution in [0, 0.1) is 6.92 Å². The number of pyridine rings is 1. The quantitative estimate of drug-likeness (QED) is 0.767. The molecular formula is C16H10F3NO4. The van der Waals surface area contributed by atoms with Crippen molar-refractivity contribution in [3.63, 3.8) is 0 Å². The van der Waals surface area contributed by atoms with Crippen LogP contribution in [-0.4, -0.2) is 22.4 Å². The van der Waals surface area contributed by atoms with Crippen LogP contribution in [-0.2, 0) is 0 Å². The second kappa shape index (κ2) is 5.55. The van der Waals surface area contributed by atoms with Gasteiger partial charge in [0.05, 0.1) is 11.1 Å². The molecule has 0 aliphatic carbocycles. The number of ether oxygens (including phenoxy) is 1. The molecule has 1 aromatic carbocycles. The number of aryl methyl sites for hydroxylation is 1. The van der Waals surface area contributed by atoms with Gasteiger partial charge >= 0.3 is 12.3 Å². The van der Waals surface area contributed by atoms with E-state index in [0.717, 1.165) is 12.1 Å². The fraction of sp³-hybridized carbons (Fsp3) is 0.125. The lowest BCUT2D eigenvalue weighted by atomic mass is 10.1. The summed E-state index contributed by atoms with van der Waals surface area (Å²) in [7, 11) is 0. The molecular weight excluding hydrogens is 327 g/mol. The minimum atomic E-state index is -4.86. The number of nitrogens with zero attached hydrogens (tertiary/aromatic N) is 1. The molecule has 0 saturated heterocycles. The molecule has 124 valence electrons. The predicted octanol–water partition coefficient (Wildman–Crippen LogP) is 4.40. The van der Waals surface area contributed by atoms with Crippen molar-refractivity contribution in [1.29, 1.82) is 0 Å². The molecule has 0 fully saturated rings. The van der Waals surface area contributed by atoms with Gasteiger partial charge in [-0.3, -0.25) is 0 Å². The van der Waals surface area contributed by atoms with Gasteiger partial charge in [0.2, 0.25) is 0 Å². The summed E-state index contributed by atoms with van der Waals surface area (Å²) in [6.07, 6.45) is -4.86. The Bertz CT molecular complexity index is 931. The van der Waals surface area contributed by atoms with Crippen molar-refractivity contribution < 1.29 is 32.2 Å². The van der Waals surface area contributed by atoms with Crippen molar-refractivity contribution in [2.75, 3.05) is 0 Å². The van der Waals surface area contributed by atoms with Crippen LogP contribution < -0.4 is 4.74 Å². The summed E-state index contributed by atoms with van der Waals surface area (Å²) in [4.78, 5) is 15.7. The van der Waals surface area contributed by atoms with E-state index in [1.54, 1.807) is 19.1 Å². The van der Waals surface area contributed by atoms with Crippen LogP contribution in [0.15, 0.2) is 40.8 Å². The normalized spacial score (nSPS) is 11.7. The number of hydrogen-bond donors (Lipinski definition) is 1. The predicted molar refractivity (Wildman–Crippen MR) is 77.8 cm³/mol. The first-order valence-corrected chi connectivity index (χ1v) is 6.73. The number of carbonyl (C=O) groups is 1. The van der Waals surface area contributed by atoms with Crippen LogP contribution in [0.25, 0.3) is 22.4 Å². The van der Waals surface area contributed by atoms with Crippen molar-refractivity contribution in [2.45, 2.75) is 13.3 Å². The second-order valence-electron chi connectivity index (χ2n) is 5.00. The minimum absolute atomic E-state index is 0.0382. The first-order chi connectivity index (χ1) is 11.2. The van der Waals surface area contributed by atoms with E-state index in [9.17, 15) is 23.1 Å². The number of alkyl halides is 3. The topological polar surface area (TPSA) is 72.6 Å². The molecule has 5 nitrogen and oxygen atoms in total. The molecule has 0 spiro atoms. The van der Waals surface area contributed by atoms with Crippen LogP contribution in [0.2, 0.25) is 0 Å². The standard InChI is InChI=1S/C16H10F3NO4/c1-8-2-5-14(23-8)13-7-11(15(21)22)10-6-9(24-16(17,18)19)3-4-12(10)20-13/h2-7H,1H3,(H,21,22). The number of rotatable bonds is 3. The van der Waals surface area contributed by atoms with Crippen LogP contribution in [0.4, 0.5) is 13.2 Å². The van der Waals surface area contributed by atoms with Gasteiger partial charge in [-0.15, -0.1) is 13.2 Å². The lowest BCUT2D eigenvalue weighted by Gasteiger charge is -2.11. The van der Waals surface area contributed by atoms with Crippen molar-refractivity contribution in [3.05, 3.63) is 47.7 Å². The number of carboxylic acids is 1. The molecule has 2 aromatic heterocycles. The molecule has 0 saturated carbocycles. The van der Waals surface area contributed by atoms with Gasteiger partial charge in [-0.2, -0.15) is 0 Å². The zero-order chi connectivity index (χ0) is 17.5. The molecule has 2 heterocycles. The molecule has 24 heavy (non-hydrogen) atoms. The Morgan fingerprint density at radius 3 is 2.54 bits per heavy atom. The Morgan fingerprint density at radius 2 is 1.96 bits per heavy atom. The first kappa shape index (κ1) is 15.9. The van der Waals surface area contributed by atoms with E-state index in [0.29, 0.717) is 11.5 Å². The van der Waals surface area contributed by atoms with Crippen molar-refractivity contribution in [2.24, 2.45) is 0 Å². The summed E-state index contributed by atoms with van der Waals surface area (Å²) in [6.45, 7) is 1.73. The average Bonchev–Trinajstić information content (AvgIpc) is 2.91. The van der Waals surface area contributed by atoms with E-state index >= 15 is 0 Å². The third-order valence-electron chi connectivity index (χ3n) is 3.24. The number of aromatic carboxylic acids is 1. The number of halogens is 3. The Kier molecular flexibility index (Phi) is 3.67. The lowest BCUT2D eigenvalue weighted by molar-refractivity contribution is -0.274. The number of aromatic nitrogens is 1. The number of carboxylic acid groups (broad SMARTS) is 1. The highest BCUT2D eigenvalue weighted by atomic mass is 19.4. The highest BCUT2D eigenvalue weighted by molar-refractivity contribution is 6.04. The van der Waals surface area contributed by atoms with E-state index in [4.69, 9.17) is 4.42 Å². The van der Waals surface area contributed by atoms with Crippen molar-refractivity contribution in [3.8, 4) is 17.2 Å². The van der Waals surface area contributed by atoms with Crippen LogP contribution in [0.5, 0.6) is 5.75 Å². The van der Waals surface area contributed by atoms with Gasteiger partial charge in [0, 0.05) is 5.39 Å².